The van der Waals surface area contributed by atoms with Crippen LogP contribution in [0.2, 0.25) is 0 Å². The number of nitrogens with one attached hydrogen (secondary N) is 1. The third kappa shape index (κ3) is 3.15. The largest absolute Gasteiger partial charge is 0.504 e. The molecule has 6 nitrogen and oxygen atoms in total. The number of aromatic nitrogens is 1. The van der Waals surface area contributed by atoms with E-state index in [-0.39, 0.29) is 11.5 Å². The van der Waals surface area contributed by atoms with Crippen molar-refractivity contribution in [3.05, 3.63) is 23.4 Å². The van der Waals surface area contributed by atoms with Gasteiger partial charge in [-0.2, -0.15) is 5.26 Å². The van der Waals surface area contributed by atoms with Crippen LogP contribution < -0.4 is 5.32 Å². The van der Waals surface area contributed by atoms with E-state index in [1.165, 1.54) is 5.56 Å². The molecule has 1 atom stereocenters. The Labute approximate surface area is 153 Å². The van der Waals surface area contributed by atoms with Gasteiger partial charge in [0.25, 0.3) is 0 Å². The van der Waals surface area contributed by atoms with Crippen molar-refractivity contribution in [2.75, 3.05) is 25.0 Å². The van der Waals surface area contributed by atoms with Crippen molar-refractivity contribution >= 4 is 16.6 Å². The van der Waals surface area contributed by atoms with E-state index in [1.54, 1.807) is 12.1 Å². The van der Waals surface area contributed by atoms with Crippen LogP contribution in [-0.4, -0.2) is 45.8 Å². The van der Waals surface area contributed by atoms with E-state index in [0.717, 1.165) is 74.0 Å². The van der Waals surface area contributed by atoms with Crippen molar-refractivity contribution in [3.8, 4) is 17.6 Å². The lowest BCUT2D eigenvalue weighted by Crippen LogP contribution is -2.42. The van der Waals surface area contributed by atoms with E-state index in [0.29, 0.717) is 12.5 Å². The molecule has 2 heterocycles. The minimum absolute atomic E-state index is 0.111. The summed E-state index contributed by atoms with van der Waals surface area (Å²) in [7, 11) is 0. The SMILES string of the molecule is N#CCCN1CCC[C@H](Nc2c3c(nc4cc(O)c(O)cc24)CCC3)C1. The average Bonchev–Trinajstić information content (AvgIpc) is 3.10. The molecular weight excluding hydrogens is 328 g/mol. The number of hydrogen-bond acceptors (Lipinski definition) is 6. The number of nitriles is 1. The van der Waals surface area contributed by atoms with Crippen molar-refractivity contribution in [1.82, 2.24) is 9.88 Å². The van der Waals surface area contributed by atoms with E-state index in [1.807, 2.05) is 0 Å². The van der Waals surface area contributed by atoms with Crippen molar-refractivity contribution < 1.29 is 10.2 Å². The number of rotatable bonds is 4. The first-order valence-corrected chi connectivity index (χ1v) is 9.39. The highest BCUT2D eigenvalue weighted by atomic mass is 16.3. The highest BCUT2D eigenvalue weighted by Gasteiger charge is 2.25. The first kappa shape index (κ1) is 16.9. The molecule has 0 radical (unpaired) electrons. The van der Waals surface area contributed by atoms with E-state index in [4.69, 9.17) is 10.2 Å². The van der Waals surface area contributed by atoms with Crippen LogP contribution in [0.3, 0.4) is 0 Å². The minimum Gasteiger partial charge on any atom is -0.504 e. The maximum absolute atomic E-state index is 9.99. The fourth-order valence-electron chi connectivity index (χ4n) is 4.24. The zero-order valence-corrected chi connectivity index (χ0v) is 14.8. The number of aromatic hydroxyl groups is 2. The third-order valence-electron chi connectivity index (χ3n) is 5.50. The summed E-state index contributed by atoms with van der Waals surface area (Å²) in [6, 6.07) is 5.71. The number of hydrogen-bond donors (Lipinski definition) is 3. The van der Waals surface area contributed by atoms with Gasteiger partial charge in [0.2, 0.25) is 0 Å². The van der Waals surface area contributed by atoms with E-state index in [9.17, 15) is 10.2 Å². The number of anilines is 1. The summed E-state index contributed by atoms with van der Waals surface area (Å²) in [5.74, 6) is -0.242. The molecule has 1 saturated heterocycles. The Bertz CT molecular complexity index is 874. The molecule has 1 aromatic heterocycles. The van der Waals surface area contributed by atoms with Crippen molar-refractivity contribution in [2.45, 2.75) is 44.6 Å². The quantitative estimate of drug-likeness (QED) is 0.733. The smallest absolute Gasteiger partial charge is 0.159 e. The molecule has 1 aliphatic carbocycles. The molecule has 1 aliphatic heterocycles. The van der Waals surface area contributed by atoms with Gasteiger partial charge in [-0.15, -0.1) is 0 Å². The second-order valence-corrected chi connectivity index (χ2v) is 7.32. The average molecular weight is 352 g/mol. The van der Waals surface area contributed by atoms with Gasteiger partial charge in [-0.05, 0) is 50.3 Å². The van der Waals surface area contributed by atoms with E-state index < -0.39 is 0 Å². The highest BCUT2D eigenvalue weighted by Crippen LogP contribution is 2.39. The molecule has 1 aromatic carbocycles. The van der Waals surface area contributed by atoms with Crippen LogP contribution in [0.4, 0.5) is 5.69 Å². The Morgan fingerprint density at radius 3 is 2.92 bits per heavy atom. The van der Waals surface area contributed by atoms with Crippen LogP contribution in [-0.2, 0) is 12.8 Å². The topological polar surface area (TPSA) is 92.4 Å². The number of pyridine rings is 1. The number of aryl methyl sites for hydroxylation is 1. The molecule has 0 saturated carbocycles. The molecule has 2 aromatic rings. The van der Waals surface area contributed by atoms with Gasteiger partial charge in [0.1, 0.15) is 0 Å². The number of phenolic OH excluding ortho intramolecular Hbond substituents is 2. The number of benzene rings is 1. The molecule has 136 valence electrons. The summed E-state index contributed by atoms with van der Waals surface area (Å²) in [4.78, 5) is 7.05. The Morgan fingerprint density at radius 2 is 2.08 bits per heavy atom. The molecule has 0 bridgehead atoms. The molecular formula is C20H24N4O2. The van der Waals surface area contributed by atoms with Gasteiger partial charge in [0.05, 0.1) is 11.6 Å². The molecule has 1 fully saturated rings. The van der Waals surface area contributed by atoms with Gasteiger partial charge in [0.15, 0.2) is 11.5 Å². The summed E-state index contributed by atoms with van der Waals surface area (Å²) in [5, 5.41) is 33.3. The lowest BCUT2D eigenvalue weighted by Gasteiger charge is -2.34. The molecule has 0 amide bonds. The van der Waals surface area contributed by atoms with Crippen LogP contribution in [0.25, 0.3) is 10.9 Å². The van der Waals surface area contributed by atoms with Crippen LogP contribution >= 0.6 is 0 Å². The lowest BCUT2D eigenvalue weighted by molar-refractivity contribution is 0.221. The van der Waals surface area contributed by atoms with Gasteiger partial charge in [-0.3, -0.25) is 4.98 Å². The molecule has 26 heavy (non-hydrogen) atoms. The van der Waals surface area contributed by atoms with Gasteiger partial charge in [-0.1, -0.05) is 0 Å². The zero-order valence-electron chi connectivity index (χ0n) is 14.8. The standard InChI is InChI=1S/C20H24N4O2/c21-7-3-9-24-8-2-4-13(12-24)22-20-14-5-1-6-16(14)23-17-11-19(26)18(25)10-15(17)20/h10-11,13,25-26H,1-6,8-9,12H2,(H,22,23)/t13-/m0/s1. The Balaban J connectivity index is 1.67. The fraction of sp³-hybridized carbons (Fsp3) is 0.500. The van der Waals surface area contributed by atoms with Gasteiger partial charge in [-0.25, -0.2) is 0 Å². The summed E-state index contributed by atoms with van der Waals surface area (Å²) in [6.07, 6.45) is 5.80. The minimum atomic E-state index is -0.130. The van der Waals surface area contributed by atoms with Crippen molar-refractivity contribution in [3.63, 3.8) is 0 Å². The van der Waals surface area contributed by atoms with Crippen molar-refractivity contribution in [2.24, 2.45) is 0 Å². The van der Waals surface area contributed by atoms with Gasteiger partial charge in [0, 0.05) is 48.4 Å². The first-order chi connectivity index (χ1) is 12.7. The monoisotopic (exact) mass is 352 g/mol. The van der Waals surface area contributed by atoms with Gasteiger partial charge < -0.3 is 20.4 Å². The second-order valence-electron chi connectivity index (χ2n) is 7.32. The summed E-state index contributed by atoms with van der Waals surface area (Å²) >= 11 is 0. The molecule has 3 N–H and O–H groups in total. The normalized spacial score (nSPS) is 20.0. The number of likely N-dealkylation sites (tertiary alicyclic amines) is 1. The Hall–Kier alpha value is -2.52. The summed E-state index contributed by atoms with van der Waals surface area (Å²) in [6.45, 7) is 2.78. The van der Waals surface area contributed by atoms with Crippen molar-refractivity contribution in [1.29, 1.82) is 5.26 Å². The maximum atomic E-state index is 9.99. The number of fused-ring (bicyclic) bond motifs is 2. The Morgan fingerprint density at radius 1 is 1.23 bits per heavy atom. The first-order valence-electron chi connectivity index (χ1n) is 9.39. The van der Waals surface area contributed by atoms with E-state index >= 15 is 0 Å². The number of piperidine rings is 1. The molecule has 0 spiro atoms. The van der Waals surface area contributed by atoms with Crippen LogP contribution in [0.5, 0.6) is 11.5 Å². The molecule has 4 rings (SSSR count). The zero-order chi connectivity index (χ0) is 18.1. The second kappa shape index (κ2) is 7.00. The van der Waals surface area contributed by atoms with E-state index in [2.05, 4.69) is 16.3 Å². The fourth-order valence-corrected chi connectivity index (χ4v) is 4.24. The highest BCUT2D eigenvalue weighted by molar-refractivity contribution is 5.96. The maximum Gasteiger partial charge on any atom is 0.159 e. The predicted octanol–water partition coefficient (Wildman–Crippen LogP) is 2.92. The molecule has 2 aliphatic rings. The van der Waals surface area contributed by atoms with Gasteiger partial charge >= 0.3 is 0 Å². The molecule has 6 heteroatoms. The summed E-state index contributed by atoms with van der Waals surface area (Å²) < 4.78 is 0. The van der Waals surface area contributed by atoms with Crippen LogP contribution in [0.15, 0.2) is 12.1 Å². The van der Waals surface area contributed by atoms with Crippen LogP contribution in [0, 0.1) is 11.3 Å². The molecule has 0 unspecified atom stereocenters. The Kier molecular flexibility index (Phi) is 4.56. The predicted molar refractivity (Wildman–Crippen MR) is 100 cm³/mol. The summed E-state index contributed by atoms with van der Waals surface area (Å²) in [5.41, 5.74) is 4.13. The third-order valence-corrected chi connectivity index (χ3v) is 5.50. The number of phenols is 2. The number of nitrogens with zero attached hydrogens (tertiary/aromatic N) is 3. The lowest BCUT2D eigenvalue weighted by atomic mass is 10.0. The van der Waals surface area contributed by atoms with Crippen LogP contribution in [0.1, 0.15) is 36.9 Å².